The lowest BCUT2D eigenvalue weighted by Crippen LogP contribution is -2.39. The van der Waals surface area contributed by atoms with Crippen molar-refractivity contribution in [2.45, 2.75) is 32.7 Å². The number of aryl methyl sites for hydroxylation is 1. The van der Waals surface area contributed by atoms with Crippen molar-refractivity contribution in [1.29, 1.82) is 0 Å². The van der Waals surface area contributed by atoms with E-state index in [4.69, 9.17) is 17.0 Å². The van der Waals surface area contributed by atoms with E-state index < -0.39 is 0 Å². The lowest BCUT2D eigenvalue weighted by molar-refractivity contribution is -0.117. The predicted molar refractivity (Wildman–Crippen MR) is 114 cm³/mol. The van der Waals surface area contributed by atoms with Gasteiger partial charge in [-0.1, -0.05) is 17.7 Å². The quantitative estimate of drug-likeness (QED) is 0.742. The van der Waals surface area contributed by atoms with Gasteiger partial charge >= 0.3 is 0 Å². The molecule has 0 bridgehead atoms. The molecule has 1 atom stereocenters. The number of hydrogen-bond acceptors (Lipinski definition) is 3. The highest BCUT2D eigenvalue weighted by Crippen LogP contribution is 2.23. The van der Waals surface area contributed by atoms with E-state index in [1.807, 2.05) is 67.3 Å². The second kappa shape index (κ2) is 8.86. The Morgan fingerprint density at radius 1 is 1.19 bits per heavy atom. The van der Waals surface area contributed by atoms with Crippen molar-refractivity contribution in [3.8, 4) is 5.75 Å². The van der Waals surface area contributed by atoms with Crippen molar-refractivity contribution >= 4 is 34.6 Å². The van der Waals surface area contributed by atoms with E-state index >= 15 is 0 Å². The van der Waals surface area contributed by atoms with E-state index in [9.17, 15) is 4.79 Å². The van der Waals surface area contributed by atoms with Crippen LogP contribution in [0.1, 0.15) is 25.3 Å². The number of carbonyl (C=O) groups excluding carboxylic acids is 1. The number of rotatable bonds is 6. The van der Waals surface area contributed by atoms with E-state index in [0.29, 0.717) is 18.1 Å². The number of nitrogens with one attached hydrogen (secondary N) is 2. The van der Waals surface area contributed by atoms with Gasteiger partial charge in [0.05, 0.1) is 6.04 Å². The molecule has 2 aromatic carbocycles. The minimum atomic E-state index is 0.0628. The normalized spacial score (nSPS) is 14.7. The summed E-state index contributed by atoms with van der Waals surface area (Å²) in [6.07, 6.45) is 1.56. The van der Waals surface area contributed by atoms with Crippen LogP contribution in [0.3, 0.4) is 0 Å². The molecule has 0 aromatic heterocycles. The monoisotopic (exact) mass is 383 g/mol. The summed E-state index contributed by atoms with van der Waals surface area (Å²) in [6.45, 7) is 5.38. The van der Waals surface area contributed by atoms with Gasteiger partial charge in [0.1, 0.15) is 12.4 Å². The summed E-state index contributed by atoms with van der Waals surface area (Å²) in [7, 11) is 0. The van der Waals surface area contributed by atoms with Gasteiger partial charge in [-0.2, -0.15) is 0 Å². The zero-order chi connectivity index (χ0) is 19.2. The molecule has 2 N–H and O–H groups in total. The highest BCUT2D eigenvalue weighted by atomic mass is 32.1. The van der Waals surface area contributed by atoms with E-state index in [0.717, 1.165) is 30.1 Å². The molecule has 142 valence electrons. The Morgan fingerprint density at radius 2 is 1.89 bits per heavy atom. The van der Waals surface area contributed by atoms with Gasteiger partial charge < -0.3 is 20.3 Å². The van der Waals surface area contributed by atoms with Gasteiger partial charge in [-0.25, -0.2) is 0 Å². The van der Waals surface area contributed by atoms with Crippen LogP contribution in [0.4, 0.5) is 11.4 Å². The van der Waals surface area contributed by atoms with Gasteiger partial charge in [0, 0.05) is 24.3 Å². The largest absolute Gasteiger partial charge is 0.491 e. The maximum absolute atomic E-state index is 11.8. The van der Waals surface area contributed by atoms with Gasteiger partial charge in [-0.15, -0.1) is 0 Å². The number of nitrogens with zero attached hydrogens (tertiary/aromatic N) is 1. The number of amides is 1. The minimum Gasteiger partial charge on any atom is -0.491 e. The second-order valence-electron chi connectivity index (χ2n) is 6.82. The zero-order valence-corrected chi connectivity index (χ0v) is 16.5. The Labute approximate surface area is 165 Å². The number of carbonyl (C=O) groups is 1. The summed E-state index contributed by atoms with van der Waals surface area (Å²) in [5, 5.41) is 6.93. The molecule has 5 nitrogen and oxygen atoms in total. The molecule has 1 amide bonds. The van der Waals surface area contributed by atoms with Gasteiger partial charge in [-0.3, -0.25) is 4.79 Å². The molecule has 0 spiro atoms. The first-order chi connectivity index (χ1) is 13.0. The lowest BCUT2D eigenvalue weighted by Gasteiger charge is -2.19. The van der Waals surface area contributed by atoms with Crippen LogP contribution in [0, 0.1) is 6.92 Å². The standard InChI is InChI=1S/C21H25N3O2S/c1-15-5-11-19(12-6-15)26-14-16(2)22-21(27)23-17-7-9-18(10-8-17)24-13-3-4-20(24)25/h5-12,16H,3-4,13-14H2,1-2H3,(H2,22,23,27). The molecule has 1 aliphatic heterocycles. The molecule has 1 fully saturated rings. The maximum atomic E-state index is 11.8. The van der Waals surface area contributed by atoms with Crippen LogP contribution in [0.2, 0.25) is 0 Å². The summed E-state index contributed by atoms with van der Waals surface area (Å²) in [5.41, 5.74) is 3.02. The molecule has 3 rings (SSSR count). The van der Waals surface area contributed by atoms with Crippen LogP contribution in [-0.4, -0.2) is 30.2 Å². The molecule has 1 saturated heterocycles. The first-order valence-corrected chi connectivity index (χ1v) is 9.59. The number of thiocarbonyl (C=S) groups is 1. The summed E-state index contributed by atoms with van der Waals surface area (Å²) in [5.74, 6) is 1.04. The smallest absolute Gasteiger partial charge is 0.227 e. The van der Waals surface area contributed by atoms with Crippen molar-refractivity contribution in [3.63, 3.8) is 0 Å². The fourth-order valence-electron chi connectivity index (χ4n) is 2.93. The van der Waals surface area contributed by atoms with E-state index in [1.54, 1.807) is 0 Å². The average molecular weight is 384 g/mol. The van der Waals surface area contributed by atoms with Gasteiger partial charge in [0.2, 0.25) is 5.91 Å². The third kappa shape index (κ3) is 5.44. The van der Waals surface area contributed by atoms with Crippen LogP contribution >= 0.6 is 12.2 Å². The fraction of sp³-hybridized carbons (Fsp3) is 0.333. The SMILES string of the molecule is Cc1ccc(OCC(C)NC(=S)Nc2ccc(N3CCCC3=O)cc2)cc1. The summed E-state index contributed by atoms with van der Waals surface area (Å²) < 4.78 is 5.77. The molecular formula is C21H25N3O2S. The first kappa shape index (κ1) is 19.2. The number of anilines is 2. The van der Waals surface area contributed by atoms with Crippen molar-refractivity contribution in [1.82, 2.24) is 5.32 Å². The molecular weight excluding hydrogens is 358 g/mol. The first-order valence-electron chi connectivity index (χ1n) is 9.19. The summed E-state index contributed by atoms with van der Waals surface area (Å²) in [6, 6.07) is 15.8. The number of ether oxygens (including phenoxy) is 1. The van der Waals surface area contributed by atoms with Gasteiger partial charge in [-0.05, 0) is 68.9 Å². The van der Waals surface area contributed by atoms with Gasteiger partial charge in [0.15, 0.2) is 5.11 Å². The third-order valence-corrected chi connectivity index (χ3v) is 4.63. The second-order valence-corrected chi connectivity index (χ2v) is 7.23. The molecule has 0 radical (unpaired) electrons. The maximum Gasteiger partial charge on any atom is 0.227 e. The minimum absolute atomic E-state index is 0.0628. The molecule has 0 saturated carbocycles. The highest BCUT2D eigenvalue weighted by Gasteiger charge is 2.21. The summed E-state index contributed by atoms with van der Waals surface area (Å²) >= 11 is 5.38. The molecule has 27 heavy (non-hydrogen) atoms. The van der Waals surface area contributed by atoms with Crippen molar-refractivity contribution in [2.75, 3.05) is 23.4 Å². The molecule has 1 aliphatic rings. The topological polar surface area (TPSA) is 53.6 Å². The van der Waals surface area contributed by atoms with Crippen LogP contribution in [-0.2, 0) is 4.79 Å². The number of benzene rings is 2. The Hall–Kier alpha value is -2.60. The molecule has 2 aromatic rings. The fourth-order valence-corrected chi connectivity index (χ4v) is 3.25. The van der Waals surface area contributed by atoms with Crippen molar-refractivity contribution < 1.29 is 9.53 Å². The van der Waals surface area contributed by atoms with E-state index in [2.05, 4.69) is 10.6 Å². The highest BCUT2D eigenvalue weighted by molar-refractivity contribution is 7.80. The Kier molecular flexibility index (Phi) is 6.29. The zero-order valence-electron chi connectivity index (χ0n) is 15.7. The summed E-state index contributed by atoms with van der Waals surface area (Å²) in [4.78, 5) is 13.6. The van der Waals surface area contributed by atoms with Crippen LogP contribution < -0.4 is 20.3 Å². The molecule has 1 heterocycles. The van der Waals surface area contributed by atoms with Crippen LogP contribution in [0.15, 0.2) is 48.5 Å². The van der Waals surface area contributed by atoms with Crippen molar-refractivity contribution in [2.24, 2.45) is 0 Å². The predicted octanol–water partition coefficient (Wildman–Crippen LogP) is 3.88. The lowest BCUT2D eigenvalue weighted by atomic mass is 10.2. The van der Waals surface area contributed by atoms with Crippen LogP contribution in [0.5, 0.6) is 5.75 Å². The van der Waals surface area contributed by atoms with Gasteiger partial charge in [0.25, 0.3) is 0 Å². The van der Waals surface area contributed by atoms with Crippen LogP contribution in [0.25, 0.3) is 0 Å². The Balaban J connectivity index is 1.45. The van der Waals surface area contributed by atoms with E-state index in [1.165, 1.54) is 5.56 Å². The molecule has 0 aliphatic carbocycles. The molecule has 1 unspecified atom stereocenters. The average Bonchev–Trinajstić information content (AvgIpc) is 3.08. The van der Waals surface area contributed by atoms with Crippen molar-refractivity contribution in [3.05, 3.63) is 54.1 Å². The van der Waals surface area contributed by atoms with E-state index in [-0.39, 0.29) is 11.9 Å². The Morgan fingerprint density at radius 3 is 2.52 bits per heavy atom. The number of hydrogen-bond donors (Lipinski definition) is 2. The Bertz CT molecular complexity index is 790. The molecule has 6 heteroatoms. The third-order valence-electron chi connectivity index (χ3n) is 4.41.